The zero-order chi connectivity index (χ0) is 15.5. The van der Waals surface area contributed by atoms with Gasteiger partial charge in [-0.15, -0.1) is 11.3 Å². The summed E-state index contributed by atoms with van der Waals surface area (Å²) in [4.78, 5) is 18.1. The molecular weight excluding hydrogens is 302 g/mol. The molecule has 3 aromatic heterocycles. The van der Waals surface area contributed by atoms with Gasteiger partial charge in [-0.3, -0.25) is 4.79 Å². The predicted molar refractivity (Wildman–Crippen MR) is 81.6 cm³/mol. The van der Waals surface area contributed by atoms with Crippen LogP contribution in [0.1, 0.15) is 40.8 Å². The molecule has 114 valence electrons. The maximum atomic E-state index is 11.8. The molecule has 0 aliphatic rings. The van der Waals surface area contributed by atoms with Gasteiger partial charge < -0.3 is 14.3 Å². The Kier molecular flexibility index (Phi) is 4.06. The second kappa shape index (κ2) is 6.15. The van der Waals surface area contributed by atoms with Gasteiger partial charge in [-0.2, -0.15) is 4.98 Å². The molecule has 22 heavy (non-hydrogen) atoms. The molecule has 0 saturated carbocycles. The maximum absolute atomic E-state index is 11.8. The number of aromatic nitrogens is 2. The minimum absolute atomic E-state index is 0.163. The second-order valence-electron chi connectivity index (χ2n) is 5.07. The Hall–Kier alpha value is -2.41. The molecule has 0 saturated heterocycles. The predicted octanol–water partition coefficient (Wildman–Crippen LogP) is 3.44. The average molecular weight is 317 g/mol. The Morgan fingerprint density at radius 1 is 1.36 bits per heavy atom. The molecule has 7 heteroatoms. The minimum Gasteiger partial charge on any atom is -0.472 e. The highest BCUT2D eigenvalue weighted by atomic mass is 32.1. The van der Waals surface area contributed by atoms with Crippen molar-refractivity contribution in [1.82, 2.24) is 15.5 Å². The summed E-state index contributed by atoms with van der Waals surface area (Å²) >= 11 is 1.52. The number of amides is 1. The summed E-state index contributed by atoms with van der Waals surface area (Å²) in [7, 11) is 0. The van der Waals surface area contributed by atoms with Gasteiger partial charge in [-0.05, 0) is 18.2 Å². The van der Waals surface area contributed by atoms with Crippen LogP contribution in [0.5, 0.6) is 0 Å². The first-order valence-corrected chi connectivity index (χ1v) is 7.68. The largest absolute Gasteiger partial charge is 0.472 e. The highest BCUT2D eigenvalue weighted by molar-refractivity contribution is 7.15. The first-order valence-electron chi connectivity index (χ1n) is 6.86. The monoisotopic (exact) mass is 317 g/mol. The lowest BCUT2D eigenvalue weighted by molar-refractivity contribution is 0.0950. The number of nitrogens with one attached hydrogen (secondary N) is 1. The molecule has 1 amide bonds. The Morgan fingerprint density at radius 3 is 2.91 bits per heavy atom. The number of thiophene rings is 1. The number of hydrogen-bond donors (Lipinski definition) is 1. The maximum Gasteiger partial charge on any atom is 0.268 e. The molecule has 3 aromatic rings. The number of nitrogens with zero attached hydrogens (tertiary/aromatic N) is 2. The Bertz CT molecular complexity index is 759. The number of carbonyl (C=O) groups excluding carboxylic acids is 1. The molecule has 0 bridgehead atoms. The van der Waals surface area contributed by atoms with Crippen LogP contribution in [0.4, 0.5) is 0 Å². The smallest absolute Gasteiger partial charge is 0.268 e. The van der Waals surface area contributed by atoms with Crippen LogP contribution in [0.2, 0.25) is 0 Å². The molecule has 6 nitrogen and oxygen atoms in total. The second-order valence-corrected chi connectivity index (χ2v) is 6.24. The molecule has 0 fully saturated rings. The lowest BCUT2D eigenvalue weighted by Crippen LogP contribution is -2.21. The van der Waals surface area contributed by atoms with Crippen LogP contribution in [0.15, 0.2) is 39.7 Å². The first-order chi connectivity index (χ1) is 10.6. The van der Waals surface area contributed by atoms with Crippen molar-refractivity contribution in [1.29, 1.82) is 0 Å². The zero-order valence-corrected chi connectivity index (χ0v) is 13.0. The van der Waals surface area contributed by atoms with Crippen LogP contribution in [-0.2, 0) is 6.54 Å². The molecule has 0 spiro atoms. The zero-order valence-electron chi connectivity index (χ0n) is 12.2. The molecule has 0 atom stereocenters. The summed E-state index contributed by atoms with van der Waals surface area (Å²) < 4.78 is 10.1. The molecule has 0 aliphatic carbocycles. The van der Waals surface area contributed by atoms with Crippen LogP contribution in [0, 0.1) is 0 Å². The fraction of sp³-hybridized carbons (Fsp3) is 0.267. The van der Waals surface area contributed by atoms with E-state index in [1.807, 2.05) is 26.0 Å². The summed E-state index contributed by atoms with van der Waals surface area (Å²) in [5.41, 5.74) is 0.509. The van der Waals surface area contributed by atoms with Gasteiger partial charge in [-0.25, -0.2) is 0 Å². The third kappa shape index (κ3) is 3.09. The quantitative estimate of drug-likeness (QED) is 0.779. The average Bonchev–Trinajstić information content (AvgIpc) is 3.23. The highest BCUT2D eigenvalue weighted by Crippen LogP contribution is 2.27. The van der Waals surface area contributed by atoms with Crippen molar-refractivity contribution in [3.63, 3.8) is 0 Å². The third-order valence-corrected chi connectivity index (χ3v) is 4.11. The van der Waals surface area contributed by atoms with Gasteiger partial charge in [0.05, 0.1) is 23.2 Å². The summed E-state index contributed by atoms with van der Waals surface area (Å²) in [6.45, 7) is 4.47. The van der Waals surface area contributed by atoms with Gasteiger partial charge in [0.15, 0.2) is 5.82 Å². The van der Waals surface area contributed by atoms with Gasteiger partial charge >= 0.3 is 0 Å². The van der Waals surface area contributed by atoms with Crippen molar-refractivity contribution in [3.8, 4) is 10.8 Å². The van der Waals surface area contributed by atoms with Crippen LogP contribution < -0.4 is 5.32 Å². The standard InChI is InChI=1S/C15H15N3O3S/c1-9(2)13-17-15(21-18-13)12-4-3-11(22-12)7-16-14(19)10-5-6-20-8-10/h3-6,8-9H,7H2,1-2H3,(H,16,19). The van der Waals surface area contributed by atoms with Crippen molar-refractivity contribution < 1.29 is 13.7 Å². The van der Waals surface area contributed by atoms with Gasteiger partial charge in [0.1, 0.15) is 6.26 Å². The molecule has 3 rings (SSSR count). The Labute approximate surface area is 131 Å². The molecule has 3 heterocycles. The van der Waals surface area contributed by atoms with E-state index in [1.165, 1.54) is 23.9 Å². The van der Waals surface area contributed by atoms with E-state index in [1.54, 1.807) is 6.07 Å². The first kappa shape index (κ1) is 14.5. The number of rotatable bonds is 5. The molecule has 1 N–H and O–H groups in total. The van der Waals surface area contributed by atoms with Gasteiger partial charge in [-0.1, -0.05) is 19.0 Å². The third-order valence-electron chi connectivity index (χ3n) is 3.04. The summed E-state index contributed by atoms with van der Waals surface area (Å²) in [6, 6.07) is 5.48. The van der Waals surface area contributed by atoms with E-state index < -0.39 is 0 Å². The van der Waals surface area contributed by atoms with E-state index in [-0.39, 0.29) is 11.8 Å². The summed E-state index contributed by atoms with van der Waals surface area (Å²) in [6.07, 6.45) is 2.89. The SMILES string of the molecule is CC(C)c1noc(-c2ccc(CNC(=O)c3ccoc3)s2)n1. The fourth-order valence-corrected chi connectivity index (χ4v) is 2.69. The van der Waals surface area contributed by atoms with Crippen molar-refractivity contribution in [2.24, 2.45) is 0 Å². The summed E-state index contributed by atoms with van der Waals surface area (Å²) in [5, 5.41) is 6.78. The van der Waals surface area contributed by atoms with Crippen molar-refractivity contribution in [2.45, 2.75) is 26.3 Å². The number of hydrogen-bond acceptors (Lipinski definition) is 6. The van der Waals surface area contributed by atoms with Crippen LogP contribution >= 0.6 is 11.3 Å². The topological polar surface area (TPSA) is 81.2 Å². The summed E-state index contributed by atoms with van der Waals surface area (Å²) in [5.74, 6) is 1.27. The van der Waals surface area contributed by atoms with Crippen LogP contribution in [0.25, 0.3) is 10.8 Å². The van der Waals surface area contributed by atoms with E-state index in [0.29, 0.717) is 23.8 Å². The van der Waals surface area contributed by atoms with Crippen LogP contribution in [-0.4, -0.2) is 16.0 Å². The molecular formula is C15H15N3O3S. The number of carbonyl (C=O) groups is 1. The van der Waals surface area contributed by atoms with Gasteiger partial charge in [0, 0.05) is 10.8 Å². The van der Waals surface area contributed by atoms with Crippen LogP contribution in [0.3, 0.4) is 0 Å². The van der Waals surface area contributed by atoms with Gasteiger partial charge in [0.25, 0.3) is 11.8 Å². The molecule has 0 aliphatic heterocycles. The van der Waals surface area contributed by atoms with Crippen molar-refractivity contribution in [3.05, 3.63) is 47.0 Å². The normalized spacial score (nSPS) is 11.0. The Morgan fingerprint density at radius 2 is 2.23 bits per heavy atom. The van der Waals surface area contributed by atoms with E-state index >= 15 is 0 Å². The van der Waals surface area contributed by atoms with Gasteiger partial charge in [0.2, 0.25) is 0 Å². The molecule has 0 radical (unpaired) electrons. The van der Waals surface area contributed by atoms with Crippen molar-refractivity contribution in [2.75, 3.05) is 0 Å². The Balaban J connectivity index is 1.64. The fourth-order valence-electron chi connectivity index (χ4n) is 1.82. The van der Waals surface area contributed by atoms with E-state index in [2.05, 4.69) is 15.5 Å². The molecule has 0 aromatic carbocycles. The minimum atomic E-state index is -0.163. The number of furan rings is 1. The van der Waals surface area contributed by atoms with E-state index in [9.17, 15) is 4.79 Å². The lowest BCUT2D eigenvalue weighted by atomic mass is 10.2. The highest BCUT2D eigenvalue weighted by Gasteiger charge is 2.14. The van der Waals surface area contributed by atoms with E-state index in [0.717, 1.165) is 9.75 Å². The lowest BCUT2D eigenvalue weighted by Gasteiger charge is -2.00. The molecule has 0 unspecified atom stereocenters. The van der Waals surface area contributed by atoms with E-state index in [4.69, 9.17) is 8.94 Å². The van der Waals surface area contributed by atoms with Crippen molar-refractivity contribution >= 4 is 17.2 Å².